The molecule has 0 fully saturated rings. The van der Waals surface area contributed by atoms with E-state index in [4.69, 9.17) is 0 Å². The molecule has 0 unspecified atom stereocenters. The van der Waals surface area contributed by atoms with E-state index in [0.29, 0.717) is 18.2 Å². The van der Waals surface area contributed by atoms with Gasteiger partial charge >= 0.3 is 0 Å². The minimum absolute atomic E-state index is 0.172. The van der Waals surface area contributed by atoms with Crippen LogP contribution in [0.4, 0.5) is 11.8 Å². The fraction of sp³-hybridized carbons (Fsp3) is 0.467. The van der Waals surface area contributed by atoms with Crippen LogP contribution in [0.2, 0.25) is 0 Å². The van der Waals surface area contributed by atoms with Gasteiger partial charge in [-0.2, -0.15) is 4.98 Å². The number of rotatable bonds is 7. The van der Waals surface area contributed by atoms with E-state index in [1.54, 1.807) is 0 Å². The first-order chi connectivity index (χ1) is 10.2. The Morgan fingerprint density at radius 2 is 1.81 bits per heavy atom. The Morgan fingerprint density at radius 3 is 2.43 bits per heavy atom. The second-order valence-corrected chi connectivity index (χ2v) is 5.02. The summed E-state index contributed by atoms with van der Waals surface area (Å²) in [6.45, 7) is 4.26. The zero-order chi connectivity index (χ0) is 15.3. The lowest BCUT2D eigenvalue weighted by molar-refractivity contribution is 0.132. The molecule has 6 nitrogen and oxygen atoms in total. The molecule has 0 radical (unpaired) electrons. The third-order valence-corrected chi connectivity index (χ3v) is 3.60. The summed E-state index contributed by atoms with van der Waals surface area (Å²) in [5, 5.41) is 26.3. The summed E-state index contributed by atoms with van der Waals surface area (Å²) in [4.78, 5) is 8.91. The van der Waals surface area contributed by atoms with E-state index < -0.39 is 5.54 Å². The molecule has 0 saturated heterocycles. The highest BCUT2D eigenvalue weighted by Gasteiger charge is 2.27. The summed E-state index contributed by atoms with van der Waals surface area (Å²) in [6.07, 6.45) is 0.578. The number of fused-ring (bicyclic) bond motifs is 1. The Bertz CT molecular complexity index is 591. The van der Waals surface area contributed by atoms with E-state index in [2.05, 4.69) is 20.6 Å². The molecule has 1 heterocycles. The van der Waals surface area contributed by atoms with Crippen LogP contribution in [0.3, 0.4) is 0 Å². The third kappa shape index (κ3) is 3.22. The molecular formula is C15H22N4O2. The number of aromatic nitrogens is 2. The first-order valence-corrected chi connectivity index (χ1v) is 7.18. The molecule has 21 heavy (non-hydrogen) atoms. The van der Waals surface area contributed by atoms with Gasteiger partial charge in [0.15, 0.2) is 0 Å². The van der Waals surface area contributed by atoms with Crippen molar-refractivity contribution >= 4 is 22.7 Å². The molecule has 0 atom stereocenters. The van der Waals surface area contributed by atoms with Crippen LogP contribution in [0.15, 0.2) is 24.3 Å². The van der Waals surface area contributed by atoms with E-state index >= 15 is 0 Å². The number of nitrogens with one attached hydrogen (secondary N) is 2. The van der Waals surface area contributed by atoms with Gasteiger partial charge in [-0.05, 0) is 25.5 Å². The van der Waals surface area contributed by atoms with Crippen LogP contribution < -0.4 is 10.6 Å². The molecule has 114 valence electrons. The van der Waals surface area contributed by atoms with Gasteiger partial charge in [0.05, 0.1) is 24.3 Å². The van der Waals surface area contributed by atoms with E-state index in [-0.39, 0.29) is 13.2 Å². The van der Waals surface area contributed by atoms with Crippen molar-refractivity contribution in [3.63, 3.8) is 0 Å². The van der Waals surface area contributed by atoms with E-state index in [1.165, 1.54) is 0 Å². The molecule has 1 aromatic carbocycles. The molecule has 0 aliphatic carbocycles. The first-order valence-electron chi connectivity index (χ1n) is 7.18. The predicted octanol–water partition coefficient (Wildman–Crippen LogP) is 1.61. The monoisotopic (exact) mass is 290 g/mol. The maximum absolute atomic E-state index is 9.60. The average Bonchev–Trinajstić information content (AvgIpc) is 2.53. The zero-order valence-electron chi connectivity index (χ0n) is 12.4. The lowest BCUT2D eigenvalue weighted by Crippen LogP contribution is -2.45. The number of hydrogen-bond acceptors (Lipinski definition) is 6. The Labute approximate surface area is 124 Å². The normalized spacial score (nSPS) is 11.6. The number of benzene rings is 1. The van der Waals surface area contributed by atoms with Crippen molar-refractivity contribution in [3.8, 4) is 0 Å². The van der Waals surface area contributed by atoms with Crippen molar-refractivity contribution in [2.75, 3.05) is 30.4 Å². The Balaban J connectivity index is 2.50. The Morgan fingerprint density at radius 1 is 1.10 bits per heavy atom. The zero-order valence-corrected chi connectivity index (χ0v) is 12.4. The topological polar surface area (TPSA) is 90.3 Å². The summed E-state index contributed by atoms with van der Waals surface area (Å²) < 4.78 is 0. The average molecular weight is 290 g/mol. The van der Waals surface area contributed by atoms with Crippen LogP contribution in [-0.4, -0.2) is 45.5 Å². The molecule has 2 aromatic rings. The molecule has 0 spiro atoms. The maximum atomic E-state index is 9.60. The van der Waals surface area contributed by atoms with E-state index in [0.717, 1.165) is 17.4 Å². The Kier molecular flexibility index (Phi) is 4.93. The molecule has 0 aliphatic rings. The smallest absolute Gasteiger partial charge is 0.225 e. The predicted molar refractivity (Wildman–Crippen MR) is 84.5 cm³/mol. The largest absolute Gasteiger partial charge is 0.394 e. The molecule has 6 heteroatoms. The molecule has 0 aliphatic heterocycles. The maximum Gasteiger partial charge on any atom is 0.225 e. The highest BCUT2D eigenvalue weighted by Crippen LogP contribution is 2.25. The molecule has 1 aromatic heterocycles. The standard InChI is InChI=1S/C15H22N4O2/c1-3-15(9-20,10-21)19-13-11-7-5-6-8-12(11)17-14(18-13)16-4-2/h5-8,20-21H,3-4,9-10H2,1-2H3,(H2,16,17,18,19). The van der Waals surface area contributed by atoms with Gasteiger partial charge < -0.3 is 20.8 Å². The van der Waals surface area contributed by atoms with Crippen LogP contribution >= 0.6 is 0 Å². The number of aliphatic hydroxyl groups excluding tert-OH is 2. The molecule has 0 amide bonds. The van der Waals surface area contributed by atoms with Gasteiger partial charge in [-0.15, -0.1) is 0 Å². The van der Waals surface area contributed by atoms with Crippen LogP contribution in [-0.2, 0) is 0 Å². The lowest BCUT2D eigenvalue weighted by Gasteiger charge is -2.30. The number of hydrogen-bond donors (Lipinski definition) is 4. The summed E-state index contributed by atoms with van der Waals surface area (Å²) in [5.41, 5.74) is 0.0208. The molecule has 2 rings (SSSR count). The van der Waals surface area contributed by atoms with Gasteiger partial charge in [-0.3, -0.25) is 0 Å². The summed E-state index contributed by atoms with van der Waals surface area (Å²) >= 11 is 0. The molecule has 0 saturated carbocycles. The number of anilines is 2. The van der Waals surface area contributed by atoms with Crippen LogP contribution in [0.5, 0.6) is 0 Å². The molecule has 0 bridgehead atoms. The molecule has 4 N–H and O–H groups in total. The Hall–Kier alpha value is -1.92. The van der Waals surface area contributed by atoms with Crippen molar-refractivity contribution < 1.29 is 10.2 Å². The van der Waals surface area contributed by atoms with E-state index in [1.807, 2.05) is 38.1 Å². The van der Waals surface area contributed by atoms with Crippen LogP contribution in [0, 0.1) is 0 Å². The van der Waals surface area contributed by atoms with Gasteiger partial charge in [-0.1, -0.05) is 19.1 Å². The van der Waals surface area contributed by atoms with Gasteiger partial charge in [0.25, 0.3) is 0 Å². The highest BCUT2D eigenvalue weighted by atomic mass is 16.3. The second-order valence-electron chi connectivity index (χ2n) is 5.02. The summed E-state index contributed by atoms with van der Waals surface area (Å²) in [6, 6.07) is 7.66. The minimum atomic E-state index is -0.791. The van der Waals surface area contributed by atoms with Crippen LogP contribution in [0.25, 0.3) is 10.9 Å². The minimum Gasteiger partial charge on any atom is -0.394 e. The highest BCUT2D eigenvalue weighted by molar-refractivity contribution is 5.90. The summed E-state index contributed by atoms with van der Waals surface area (Å²) in [7, 11) is 0. The third-order valence-electron chi connectivity index (χ3n) is 3.60. The van der Waals surface area contributed by atoms with Crippen molar-refractivity contribution in [1.82, 2.24) is 9.97 Å². The fourth-order valence-electron chi connectivity index (χ4n) is 2.10. The lowest BCUT2D eigenvalue weighted by atomic mass is 9.98. The van der Waals surface area contributed by atoms with Gasteiger partial charge in [0.2, 0.25) is 5.95 Å². The number of para-hydroxylation sites is 1. The van der Waals surface area contributed by atoms with Crippen LogP contribution in [0.1, 0.15) is 20.3 Å². The fourth-order valence-corrected chi connectivity index (χ4v) is 2.10. The van der Waals surface area contributed by atoms with Crippen molar-refractivity contribution in [2.45, 2.75) is 25.8 Å². The first kappa shape index (κ1) is 15.5. The summed E-state index contributed by atoms with van der Waals surface area (Å²) in [5.74, 6) is 1.14. The van der Waals surface area contributed by atoms with Gasteiger partial charge in [0, 0.05) is 11.9 Å². The van der Waals surface area contributed by atoms with Crippen molar-refractivity contribution in [1.29, 1.82) is 0 Å². The van der Waals surface area contributed by atoms with Gasteiger partial charge in [-0.25, -0.2) is 4.98 Å². The van der Waals surface area contributed by atoms with Gasteiger partial charge in [0.1, 0.15) is 5.82 Å². The molecular weight excluding hydrogens is 268 g/mol. The SMILES string of the molecule is CCNc1nc(NC(CC)(CO)CO)c2ccccc2n1. The van der Waals surface area contributed by atoms with Crippen molar-refractivity contribution in [2.24, 2.45) is 0 Å². The number of nitrogens with zero attached hydrogens (tertiary/aromatic N) is 2. The van der Waals surface area contributed by atoms with Crippen molar-refractivity contribution in [3.05, 3.63) is 24.3 Å². The second kappa shape index (κ2) is 6.69. The quantitative estimate of drug-likeness (QED) is 0.619. The number of aliphatic hydroxyl groups is 2. The van der Waals surface area contributed by atoms with E-state index in [9.17, 15) is 10.2 Å².